The van der Waals surface area contributed by atoms with Crippen molar-refractivity contribution in [2.75, 3.05) is 20.3 Å². The molecule has 0 aromatic heterocycles. The van der Waals surface area contributed by atoms with E-state index in [9.17, 15) is 9.59 Å². The van der Waals surface area contributed by atoms with Gasteiger partial charge in [0.25, 0.3) is 5.91 Å². The lowest BCUT2D eigenvalue weighted by Gasteiger charge is -2.29. The quantitative estimate of drug-likeness (QED) is 0.471. The molecule has 2 aromatic carbocycles. The molecule has 1 atom stereocenters. The number of nitrogens with zero attached hydrogens (tertiary/aromatic N) is 1. The van der Waals surface area contributed by atoms with Crippen LogP contribution in [-0.2, 0) is 16.1 Å². The van der Waals surface area contributed by atoms with Gasteiger partial charge in [-0.25, -0.2) is 0 Å². The van der Waals surface area contributed by atoms with Crippen LogP contribution >= 0.6 is 15.9 Å². The molecule has 1 N–H and O–H groups in total. The first kappa shape index (κ1) is 24.7. The van der Waals surface area contributed by atoms with E-state index in [1.54, 1.807) is 25.0 Å². The van der Waals surface area contributed by atoms with Crippen LogP contribution in [0.5, 0.6) is 11.5 Å². The third-order valence-corrected chi connectivity index (χ3v) is 5.87. The number of carbonyl (C=O) groups is 2. The molecular weight excluding hydrogens is 460 g/mol. The molecule has 0 aliphatic rings. The molecule has 0 radical (unpaired) electrons. The van der Waals surface area contributed by atoms with Crippen LogP contribution in [0.25, 0.3) is 0 Å². The topological polar surface area (TPSA) is 67.9 Å². The molecule has 0 heterocycles. The second-order valence-electron chi connectivity index (χ2n) is 7.39. The lowest BCUT2D eigenvalue weighted by molar-refractivity contribution is -0.142. The lowest BCUT2D eigenvalue weighted by Crippen LogP contribution is -2.49. The number of aryl methyl sites for hydroxylation is 1. The number of hydrogen-bond donors (Lipinski definition) is 1. The molecule has 7 heteroatoms. The van der Waals surface area contributed by atoms with Gasteiger partial charge in [-0.2, -0.15) is 0 Å². The standard InChI is InChI=1S/C24H31BrN2O4/c1-5-6-12-26-24(29)18(3)27(15-19-8-7-9-20(14-19)30-4)23(28)16-31-21-10-11-22(25)17(2)13-21/h7-11,13-14,18H,5-6,12,15-16H2,1-4H3,(H,26,29)/t18-/m0/s1. The Morgan fingerprint density at radius 2 is 1.94 bits per heavy atom. The Hall–Kier alpha value is -2.54. The van der Waals surface area contributed by atoms with Crippen LogP contribution in [0.2, 0.25) is 0 Å². The Morgan fingerprint density at radius 1 is 1.16 bits per heavy atom. The summed E-state index contributed by atoms with van der Waals surface area (Å²) in [4.78, 5) is 27.3. The highest BCUT2D eigenvalue weighted by Crippen LogP contribution is 2.22. The number of ether oxygens (including phenoxy) is 2. The minimum Gasteiger partial charge on any atom is -0.497 e. The van der Waals surface area contributed by atoms with E-state index < -0.39 is 6.04 Å². The zero-order valence-electron chi connectivity index (χ0n) is 18.6. The molecule has 0 fully saturated rings. The van der Waals surface area contributed by atoms with Crippen molar-refractivity contribution in [3.05, 3.63) is 58.1 Å². The van der Waals surface area contributed by atoms with Gasteiger partial charge in [-0.1, -0.05) is 41.4 Å². The van der Waals surface area contributed by atoms with Crippen molar-refractivity contribution in [1.82, 2.24) is 10.2 Å². The van der Waals surface area contributed by atoms with Crippen molar-refractivity contribution in [3.63, 3.8) is 0 Å². The van der Waals surface area contributed by atoms with E-state index in [-0.39, 0.29) is 25.0 Å². The highest BCUT2D eigenvalue weighted by Gasteiger charge is 2.26. The smallest absolute Gasteiger partial charge is 0.261 e. The molecule has 168 valence electrons. The normalized spacial score (nSPS) is 11.5. The molecule has 0 spiro atoms. The first-order valence-corrected chi connectivity index (χ1v) is 11.2. The minimum absolute atomic E-state index is 0.155. The average Bonchev–Trinajstić information content (AvgIpc) is 2.77. The molecule has 6 nitrogen and oxygen atoms in total. The number of nitrogens with one attached hydrogen (secondary N) is 1. The van der Waals surface area contributed by atoms with Crippen molar-refractivity contribution >= 4 is 27.7 Å². The van der Waals surface area contributed by atoms with Gasteiger partial charge in [0, 0.05) is 17.6 Å². The molecule has 0 unspecified atom stereocenters. The number of rotatable bonds is 11. The van der Waals surface area contributed by atoms with Crippen LogP contribution in [-0.4, -0.2) is 43.0 Å². The largest absolute Gasteiger partial charge is 0.497 e. The molecule has 0 aliphatic carbocycles. The van der Waals surface area contributed by atoms with Crippen molar-refractivity contribution < 1.29 is 19.1 Å². The maximum Gasteiger partial charge on any atom is 0.261 e. The molecular formula is C24H31BrN2O4. The Kier molecular flexibility index (Phi) is 9.85. The number of halogens is 1. The molecule has 2 aromatic rings. The number of unbranched alkanes of at least 4 members (excludes halogenated alkanes) is 1. The third-order valence-electron chi connectivity index (χ3n) is 4.98. The molecule has 0 aliphatic heterocycles. The first-order chi connectivity index (χ1) is 14.8. The fourth-order valence-corrected chi connectivity index (χ4v) is 3.27. The second kappa shape index (κ2) is 12.3. The van der Waals surface area contributed by atoms with Gasteiger partial charge in [0.05, 0.1) is 7.11 Å². The summed E-state index contributed by atoms with van der Waals surface area (Å²) in [5.41, 5.74) is 1.89. The molecule has 0 saturated carbocycles. The summed E-state index contributed by atoms with van der Waals surface area (Å²) < 4.78 is 12.0. The summed E-state index contributed by atoms with van der Waals surface area (Å²) in [5.74, 6) is 0.868. The van der Waals surface area contributed by atoms with Gasteiger partial charge in [-0.05, 0) is 61.7 Å². The number of methoxy groups -OCH3 is 1. The van der Waals surface area contributed by atoms with Crippen LogP contribution in [0, 0.1) is 6.92 Å². The van der Waals surface area contributed by atoms with E-state index in [1.807, 2.05) is 43.3 Å². The molecule has 31 heavy (non-hydrogen) atoms. The summed E-state index contributed by atoms with van der Waals surface area (Å²) in [6.07, 6.45) is 1.88. The Morgan fingerprint density at radius 3 is 2.61 bits per heavy atom. The predicted octanol–water partition coefficient (Wildman–Crippen LogP) is 4.48. The van der Waals surface area contributed by atoms with Gasteiger partial charge >= 0.3 is 0 Å². The van der Waals surface area contributed by atoms with Gasteiger partial charge in [-0.3, -0.25) is 9.59 Å². The summed E-state index contributed by atoms with van der Waals surface area (Å²) in [5, 5.41) is 2.91. The van der Waals surface area contributed by atoms with E-state index in [1.165, 1.54) is 0 Å². The SMILES string of the molecule is CCCCNC(=O)[C@H](C)N(Cc1cccc(OC)c1)C(=O)COc1ccc(Br)c(C)c1. The maximum atomic E-state index is 13.1. The van der Waals surface area contributed by atoms with Gasteiger partial charge in [0.2, 0.25) is 5.91 Å². The summed E-state index contributed by atoms with van der Waals surface area (Å²) in [6.45, 7) is 6.48. The molecule has 2 rings (SSSR count). The van der Waals surface area contributed by atoms with Crippen LogP contribution in [0.15, 0.2) is 46.9 Å². The van der Waals surface area contributed by atoms with Gasteiger partial charge in [0.15, 0.2) is 6.61 Å². The van der Waals surface area contributed by atoms with E-state index in [0.29, 0.717) is 18.0 Å². The Bertz CT molecular complexity index is 888. The van der Waals surface area contributed by atoms with Crippen molar-refractivity contribution in [3.8, 4) is 11.5 Å². The molecule has 0 bridgehead atoms. The van der Waals surface area contributed by atoms with Gasteiger partial charge < -0.3 is 19.7 Å². The van der Waals surface area contributed by atoms with Gasteiger partial charge in [0.1, 0.15) is 17.5 Å². The van der Waals surface area contributed by atoms with Crippen LogP contribution in [0.3, 0.4) is 0 Å². The lowest BCUT2D eigenvalue weighted by atomic mass is 10.1. The zero-order valence-corrected chi connectivity index (χ0v) is 20.2. The summed E-state index contributed by atoms with van der Waals surface area (Å²) in [7, 11) is 1.60. The molecule has 2 amide bonds. The summed E-state index contributed by atoms with van der Waals surface area (Å²) in [6, 6.07) is 12.4. The van der Waals surface area contributed by atoms with Crippen LogP contribution in [0.4, 0.5) is 0 Å². The third kappa shape index (κ3) is 7.58. The summed E-state index contributed by atoms with van der Waals surface area (Å²) >= 11 is 3.46. The van der Waals surface area contributed by atoms with Crippen molar-refractivity contribution in [1.29, 1.82) is 0 Å². The highest BCUT2D eigenvalue weighted by atomic mass is 79.9. The van der Waals surface area contributed by atoms with Crippen molar-refractivity contribution in [2.45, 2.75) is 46.2 Å². The fourth-order valence-electron chi connectivity index (χ4n) is 3.02. The number of hydrogen-bond acceptors (Lipinski definition) is 4. The second-order valence-corrected chi connectivity index (χ2v) is 8.25. The number of benzene rings is 2. The Balaban J connectivity index is 2.14. The number of carbonyl (C=O) groups excluding carboxylic acids is 2. The number of amides is 2. The monoisotopic (exact) mass is 490 g/mol. The van der Waals surface area contributed by atoms with Crippen LogP contribution < -0.4 is 14.8 Å². The zero-order chi connectivity index (χ0) is 22.8. The average molecular weight is 491 g/mol. The van der Waals surface area contributed by atoms with E-state index in [2.05, 4.69) is 28.2 Å². The first-order valence-electron chi connectivity index (χ1n) is 10.4. The maximum absolute atomic E-state index is 13.1. The molecule has 0 saturated heterocycles. The van der Waals surface area contributed by atoms with Crippen molar-refractivity contribution in [2.24, 2.45) is 0 Å². The van der Waals surface area contributed by atoms with E-state index in [0.717, 1.165) is 28.4 Å². The fraction of sp³-hybridized carbons (Fsp3) is 0.417. The minimum atomic E-state index is -0.634. The van der Waals surface area contributed by atoms with Gasteiger partial charge in [-0.15, -0.1) is 0 Å². The Labute approximate surface area is 193 Å². The predicted molar refractivity (Wildman–Crippen MR) is 125 cm³/mol. The van der Waals surface area contributed by atoms with E-state index >= 15 is 0 Å². The van der Waals surface area contributed by atoms with Crippen LogP contribution in [0.1, 0.15) is 37.8 Å². The highest BCUT2D eigenvalue weighted by molar-refractivity contribution is 9.10. The van der Waals surface area contributed by atoms with E-state index in [4.69, 9.17) is 9.47 Å².